The summed E-state index contributed by atoms with van der Waals surface area (Å²) in [5.74, 6) is 0.151. The topological polar surface area (TPSA) is 81.1 Å². The van der Waals surface area contributed by atoms with Crippen LogP contribution < -0.4 is 4.74 Å². The fourth-order valence-electron chi connectivity index (χ4n) is 1.48. The SMILES string of the molecule is O=[N+]([O-])c1cc(C(F)(F)F)ccc1OCc1ncc[nH]1. The van der Waals surface area contributed by atoms with Gasteiger partial charge in [0.25, 0.3) is 0 Å². The normalized spacial score (nSPS) is 11.3. The molecule has 0 fully saturated rings. The van der Waals surface area contributed by atoms with Gasteiger partial charge >= 0.3 is 11.9 Å². The van der Waals surface area contributed by atoms with Gasteiger partial charge in [-0.25, -0.2) is 4.98 Å². The van der Waals surface area contributed by atoms with E-state index in [2.05, 4.69) is 9.97 Å². The Morgan fingerprint density at radius 3 is 2.70 bits per heavy atom. The first-order valence-electron chi connectivity index (χ1n) is 5.34. The Bertz CT molecular complexity index is 611. The van der Waals surface area contributed by atoms with E-state index in [9.17, 15) is 23.3 Å². The van der Waals surface area contributed by atoms with Gasteiger partial charge in [-0.2, -0.15) is 13.2 Å². The highest BCUT2D eigenvalue weighted by molar-refractivity contribution is 5.49. The highest BCUT2D eigenvalue weighted by Gasteiger charge is 2.33. The van der Waals surface area contributed by atoms with Gasteiger partial charge in [0.1, 0.15) is 12.4 Å². The number of alkyl halides is 3. The van der Waals surface area contributed by atoms with Gasteiger partial charge < -0.3 is 9.72 Å². The zero-order chi connectivity index (χ0) is 14.8. The van der Waals surface area contributed by atoms with E-state index in [-0.39, 0.29) is 12.4 Å². The third kappa shape index (κ3) is 3.05. The van der Waals surface area contributed by atoms with Gasteiger partial charge in [-0.1, -0.05) is 0 Å². The third-order valence-electron chi connectivity index (χ3n) is 2.40. The van der Waals surface area contributed by atoms with E-state index in [1.165, 1.54) is 12.4 Å². The average molecular weight is 287 g/mol. The van der Waals surface area contributed by atoms with Gasteiger partial charge in [0, 0.05) is 18.5 Å². The fraction of sp³-hybridized carbons (Fsp3) is 0.182. The molecule has 2 rings (SSSR count). The van der Waals surface area contributed by atoms with Crippen molar-refractivity contribution < 1.29 is 22.8 Å². The van der Waals surface area contributed by atoms with Gasteiger partial charge in [-0.3, -0.25) is 10.1 Å². The molecule has 0 amide bonds. The Morgan fingerprint density at radius 1 is 1.40 bits per heavy atom. The van der Waals surface area contributed by atoms with Crippen molar-refractivity contribution in [2.45, 2.75) is 12.8 Å². The number of imidazole rings is 1. The first-order valence-corrected chi connectivity index (χ1v) is 5.34. The van der Waals surface area contributed by atoms with E-state index in [0.29, 0.717) is 11.9 Å². The van der Waals surface area contributed by atoms with Crippen molar-refractivity contribution in [3.05, 3.63) is 52.1 Å². The molecule has 0 atom stereocenters. The van der Waals surface area contributed by atoms with E-state index < -0.39 is 22.4 Å². The van der Waals surface area contributed by atoms with Crippen LogP contribution >= 0.6 is 0 Å². The van der Waals surface area contributed by atoms with Crippen LogP contribution in [0.15, 0.2) is 30.6 Å². The van der Waals surface area contributed by atoms with Crippen molar-refractivity contribution in [2.24, 2.45) is 0 Å². The Kier molecular flexibility index (Phi) is 3.59. The van der Waals surface area contributed by atoms with Gasteiger partial charge in [0.2, 0.25) is 0 Å². The van der Waals surface area contributed by atoms with Crippen LogP contribution in [0.25, 0.3) is 0 Å². The second kappa shape index (κ2) is 5.19. The number of aromatic nitrogens is 2. The Morgan fingerprint density at radius 2 is 2.15 bits per heavy atom. The number of nitrogens with zero attached hydrogens (tertiary/aromatic N) is 2. The van der Waals surface area contributed by atoms with Crippen molar-refractivity contribution in [3.8, 4) is 5.75 Å². The number of ether oxygens (including phenoxy) is 1. The van der Waals surface area contributed by atoms with Gasteiger partial charge in [0.15, 0.2) is 5.75 Å². The van der Waals surface area contributed by atoms with Crippen LogP contribution in [0.1, 0.15) is 11.4 Å². The summed E-state index contributed by atoms with van der Waals surface area (Å²) < 4.78 is 42.6. The molecule has 0 spiro atoms. The Balaban J connectivity index is 2.26. The maximum Gasteiger partial charge on any atom is 0.416 e. The van der Waals surface area contributed by atoms with Crippen LogP contribution in [0, 0.1) is 10.1 Å². The maximum absolute atomic E-state index is 12.5. The van der Waals surface area contributed by atoms with Crippen LogP contribution in [-0.2, 0) is 12.8 Å². The van der Waals surface area contributed by atoms with Crippen molar-refractivity contribution in [1.82, 2.24) is 9.97 Å². The first kappa shape index (κ1) is 13.8. The molecular formula is C11H8F3N3O3. The predicted octanol–water partition coefficient (Wildman–Crippen LogP) is 2.92. The lowest BCUT2D eigenvalue weighted by Crippen LogP contribution is -2.07. The number of rotatable bonds is 4. The lowest BCUT2D eigenvalue weighted by atomic mass is 10.2. The zero-order valence-electron chi connectivity index (χ0n) is 9.85. The highest BCUT2D eigenvalue weighted by Crippen LogP contribution is 2.36. The Hall–Kier alpha value is -2.58. The molecule has 0 radical (unpaired) electrons. The smallest absolute Gasteiger partial charge is 0.416 e. The van der Waals surface area contributed by atoms with E-state index in [1.54, 1.807) is 0 Å². The maximum atomic E-state index is 12.5. The molecule has 1 heterocycles. The van der Waals surface area contributed by atoms with Crippen LogP contribution in [0.3, 0.4) is 0 Å². The second-order valence-corrected chi connectivity index (χ2v) is 3.76. The highest BCUT2D eigenvalue weighted by atomic mass is 19.4. The number of hydrogen-bond donors (Lipinski definition) is 1. The minimum atomic E-state index is -4.65. The number of benzene rings is 1. The van der Waals surface area contributed by atoms with E-state index in [0.717, 1.165) is 12.1 Å². The zero-order valence-corrected chi connectivity index (χ0v) is 9.85. The van der Waals surface area contributed by atoms with Crippen molar-refractivity contribution in [1.29, 1.82) is 0 Å². The summed E-state index contributed by atoms with van der Waals surface area (Å²) in [6.45, 7) is -0.112. The molecule has 0 aliphatic rings. The average Bonchev–Trinajstić information content (AvgIpc) is 2.88. The quantitative estimate of drug-likeness (QED) is 0.692. The summed E-state index contributed by atoms with van der Waals surface area (Å²) >= 11 is 0. The Labute approximate surface area is 110 Å². The van der Waals surface area contributed by atoms with Crippen molar-refractivity contribution >= 4 is 5.69 Å². The lowest BCUT2D eigenvalue weighted by molar-refractivity contribution is -0.386. The molecule has 2 aromatic rings. The molecule has 1 aromatic heterocycles. The van der Waals surface area contributed by atoms with Crippen molar-refractivity contribution in [3.63, 3.8) is 0 Å². The molecule has 20 heavy (non-hydrogen) atoms. The molecule has 0 bridgehead atoms. The molecule has 0 aliphatic heterocycles. The summed E-state index contributed by atoms with van der Waals surface area (Å²) in [7, 11) is 0. The van der Waals surface area contributed by atoms with Crippen LogP contribution in [0.4, 0.5) is 18.9 Å². The summed E-state index contributed by atoms with van der Waals surface area (Å²) in [6, 6.07) is 2.09. The largest absolute Gasteiger partial charge is 0.479 e. The number of halogens is 3. The molecule has 106 valence electrons. The van der Waals surface area contributed by atoms with Crippen LogP contribution in [-0.4, -0.2) is 14.9 Å². The molecule has 1 aromatic carbocycles. The molecule has 0 saturated heterocycles. The van der Waals surface area contributed by atoms with Gasteiger partial charge in [0.05, 0.1) is 10.5 Å². The predicted molar refractivity (Wildman–Crippen MR) is 61.0 cm³/mol. The number of aromatic amines is 1. The standard InChI is InChI=1S/C11H8F3N3O3/c12-11(13,14)7-1-2-9(8(5-7)17(18)19)20-6-10-15-3-4-16-10/h1-5H,6H2,(H,15,16). The van der Waals surface area contributed by atoms with Crippen molar-refractivity contribution in [2.75, 3.05) is 0 Å². The van der Waals surface area contributed by atoms with Gasteiger partial charge in [-0.05, 0) is 12.1 Å². The minimum absolute atomic E-state index is 0.112. The summed E-state index contributed by atoms with van der Waals surface area (Å²) in [5.41, 5.74) is -1.85. The van der Waals surface area contributed by atoms with Gasteiger partial charge in [-0.15, -0.1) is 0 Å². The molecule has 0 aliphatic carbocycles. The number of nitro benzene ring substituents is 1. The molecular weight excluding hydrogens is 279 g/mol. The second-order valence-electron chi connectivity index (χ2n) is 3.76. The minimum Gasteiger partial charge on any atom is -0.479 e. The molecule has 0 saturated carbocycles. The summed E-state index contributed by atoms with van der Waals surface area (Å²) in [4.78, 5) is 16.4. The monoisotopic (exact) mass is 287 g/mol. The molecule has 1 N–H and O–H groups in total. The fourth-order valence-corrected chi connectivity index (χ4v) is 1.48. The summed E-state index contributed by atoms with van der Waals surface area (Å²) in [6.07, 6.45) is -1.66. The number of hydrogen-bond acceptors (Lipinski definition) is 4. The molecule has 0 unspecified atom stereocenters. The number of nitrogens with one attached hydrogen (secondary N) is 1. The van der Waals surface area contributed by atoms with E-state index >= 15 is 0 Å². The molecule has 9 heteroatoms. The lowest BCUT2D eigenvalue weighted by Gasteiger charge is -2.09. The molecule has 6 nitrogen and oxygen atoms in total. The van der Waals surface area contributed by atoms with Crippen LogP contribution in [0.5, 0.6) is 5.75 Å². The van der Waals surface area contributed by atoms with E-state index in [1.807, 2.05) is 0 Å². The van der Waals surface area contributed by atoms with Crippen LogP contribution in [0.2, 0.25) is 0 Å². The first-order chi connectivity index (χ1) is 9.38. The number of H-pyrrole nitrogens is 1. The van der Waals surface area contributed by atoms with E-state index in [4.69, 9.17) is 4.74 Å². The third-order valence-corrected chi connectivity index (χ3v) is 2.40. The number of nitro groups is 1. The summed E-state index contributed by atoms with van der Waals surface area (Å²) in [5, 5.41) is 10.8.